The molecule has 0 saturated carbocycles. The molecule has 3 rings (SSSR count). The molecular weight excluding hydrogens is 552 g/mol. The van der Waals surface area contributed by atoms with E-state index in [1.807, 2.05) is 0 Å². The van der Waals surface area contributed by atoms with Gasteiger partial charge in [-0.1, -0.05) is 6.07 Å². The minimum atomic E-state index is -1.55. The summed E-state index contributed by atoms with van der Waals surface area (Å²) in [5.41, 5.74) is -0.777. The van der Waals surface area contributed by atoms with Crippen molar-refractivity contribution >= 4 is 53.6 Å². The van der Waals surface area contributed by atoms with Gasteiger partial charge in [0, 0.05) is 14.2 Å². The van der Waals surface area contributed by atoms with Gasteiger partial charge in [0.15, 0.2) is 5.75 Å². The summed E-state index contributed by atoms with van der Waals surface area (Å²) < 4.78 is 23.6. The van der Waals surface area contributed by atoms with Gasteiger partial charge in [0.25, 0.3) is 0 Å². The van der Waals surface area contributed by atoms with Crippen LogP contribution in [-0.4, -0.2) is 38.5 Å². The van der Waals surface area contributed by atoms with Crippen LogP contribution < -0.4 is 9.47 Å². The van der Waals surface area contributed by atoms with E-state index in [9.17, 15) is 9.90 Å². The lowest BCUT2D eigenvalue weighted by atomic mass is 9.82. The standard InChI is InChI=1S/C18H15Br3O6/c1-24-12-5-4-8(6-10(12)19)18(26-3)16(23)9-7-11(20)14(22)13(21)15(9)27-17(18)25-2/h4-7,17,22H,1-3H3/t17-,18-/m1/s1. The zero-order valence-corrected chi connectivity index (χ0v) is 19.3. The number of carbonyl (C=O) groups excluding carboxylic acids is 1. The van der Waals surface area contributed by atoms with Crippen molar-refractivity contribution in [1.82, 2.24) is 0 Å². The summed E-state index contributed by atoms with van der Waals surface area (Å²) in [5, 5.41) is 10.1. The highest BCUT2D eigenvalue weighted by atomic mass is 79.9. The molecule has 1 aliphatic heterocycles. The number of rotatable bonds is 4. The molecule has 9 heteroatoms. The fourth-order valence-corrected chi connectivity index (χ4v) is 4.81. The van der Waals surface area contributed by atoms with E-state index in [1.165, 1.54) is 20.3 Å². The fraction of sp³-hybridized carbons (Fsp3) is 0.278. The molecule has 0 radical (unpaired) electrons. The van der Waals surface area contributed by atoms with E-state index >= 15 is 0 Å². The van der Waals surface area contributed by atoms with Crippen LogP contribution in [0.2, 0.25) is 0 Å². The number of aromatic hydroxyl groups is 1. The Bertz CT molecular complexity index is 916. The number of methoxy groups -OCH3 is 3. The van der Waals surface area contributed by atoms with Crippen molar-refractivity contribution in [3.05, 3.63) is 48.8 Å². The van der Waals surface area contributed by atoms with Crippen molar-refractivity contribution in [2.45, 2.75) is 11.9 Å². The third kappa shape index (κ3) is 3.09. The van der Waals surface area contributed by atoms with E-state index < -0.39 is 11.9 Å². The highest BCUT2D eigenvalue weighted by Gasteiger charge is 2.55. The lowest BCUT2D eigenvalue weighted by molar-refractivity contribution is -0.186. The predicted octanol–water partition coefficient (Wildman–Crippen LogP) is 4.78. The number of halogens is 3. The van der Waals surface area contributed by atoms with Crippen LogP contribution in [0.1, 0.15) is 15.9 Å². The molecule has 0 amide bonds. The van der Waals surface area contributed by atoms with Crippen LogP contribution in [0.25, 0.3) is 0 Å². The number of phenolic OH excluding ortho intramolecular Hbond substituents is 1. The minimum Gasteiger partial charge on any atom is -0.505 e. The number of hydrogen-bond donors (Lipinski definition) is 1. The third-order valence-electron chi connectivity index (χ3n) is 4.40. The molecule has 0 aromatic heterocycles. The fourth-order valence-electron chi connectivity index (χ4n) is 3.06. The molecule has 2 aromatic carbocycles. The summed E-state index contributed by atoms with van der Waals surface area (Å²) in [4.78, 5) is 13.6. The first-order valence-corrected chi connectivity index (χ1v) is 10.0. The van der Waals surface area contributed by atoms with Gasteiger partial charge in [-0.2, -0.15) is 0 Å². The average Bonchev–Trinajstić information content (AvgIpc) is 2.67. The van der Waals surface area contributed by atoms with E-state index in [1.54, 1.807) is 25.3 Å². The van der Waals surface area contributed by atoms with Crippen molar-refractivity contribution in [3.8, 4) is 17.2 Å². The Kier molecular flexibility index (Phi) is 5.88. The monoisotopic (exact) mass is 564 g/mol. The molecule has 0 bridgehead atoms. The summed E-state index contributed by atoms with van der Waals surface area (Å²) >= 11 is 9.95. The van der Waals surface area contributed by atoms with Crippen molar-refractivity contribution in [2.75, 3.05) is 21.3 Å². The second-order valence-corrected chi connectivity index (χ2v) is 8.20. The van der Waals surface area contributed by atoms with Gasteiger partial charge in [0.2, 0.25) is 17.7 Å². The average molecular weight is 567 g/mol. The smallest absolute Gasteiger partial charge is 0.241 e. The first-order chi connectivity index (χ1) is 12.8. The molecule has 2 aromatic rings. The van der Waals surface area contributed by atoms with Gasteiger partial charge in [-0.15, -0.1) is 0 Å². The van der Waals surface area contributed by atoms with Crippen LogP contribution in [0, 0.1) is 0 Å². The van der Waals surface area contributed by atoms with E-state index in [4.69, 9.17) is 18.9 Å². The molecule has 0 spiro atoms. The van der Waals surface area contributed by atoms with Gasteiger partial charge in [-0.3, -0.25) is 4.79 Å². The second kappa shape index (κ2) is 7.71. The number of hydrogen-bond acceptors (Lipinski definition) is 6. The van der Waals surface area contributed by atoms with Gasteiger partial charge in [-0.05, 0) is 71.6 Å². The summed E-state index contributed by atoms with van der Waals surface area (Å²) in [6, 6.07) is 6.66. The van der Waals surface area contributed by atoms with Gasteiger partial charge < -0.3 is 24.1 Å². The van der Waals surface area contributed by atoms with Gasteiger partial charge in [0.1, 0.15) is 16.0 Å². The van der Waals surface area contributed by atoms with E-state index in [0.29, 0.717) is 20.3 Å². The van der Waals surface area contributed by atoms with Crippen LogP contribution in [0.3, 0.4) is 0 Å². The molecule has 0 aliphatic carbocycles. The number of ketones is 1. The van der Waals surface area contributed by atoms with Crippen molar-refractivity contribution in [2.24, 2.45) is 0 Å². The number of ether oxygens (including phenoxy) is 4. The second-order valence-electron chi connectivity index (χ2n) is 5.70. The van der Waals surface area contributed by atoms with Crippen LogP contribution in [-0.2, 0) is 15.1 Å². The molecule has 1 N–H and O–H groups in total. The quantitative estimate of drug-likeness (QED) is 0.574. The summed E-state index contributed by atoms with van der Waals surface area (Å²) in [6.45, 7) is 0. The van der Waals surface area contributed by atoms with Gasteiger partial charge in [-0.25, -0.2) is 0 Å². The molecule has 0 fully saturated rings. The zero-order valence-electron chi connectivity index (χ0n) is 14.5. The Morgan fingerprint density at radius 3 is 2.37 bits per heavy atom. The first kappa shape index (κ1) is 20.6. The molecule has 2 atom stereocenters. The Morgan fingerprint density at radius 2 is 1.81 bits per heavy atom. The van der Waals surface area contributed by atoms with Gasteiger partial charge in [0.05, 0.1) is 21.6 Å². The maximum absolute atomic E-state index is 13.6. The number of phenols is 1. The van der Waals surface area contributed by atoms with E-state index in [2.05, 4.69) is 47.8 Å². The molecular formula is C18H15Br3O6. The maximum Gasteiger partial charge on any atom is 0.241 e. The molecule has 144 valence electrons. The van der Waals surface area contributed by atoms with Crippen LogP contribution in [0.4, 0.5) is 0 Å². The third-order valence-corrected chi connectivity index (χ3v) is 6.36. The van der Waals surface area contributed by atoms with E-state index in [-0.39, 0.29) is 27.3 Å². The lowest BCUT2D eigenvalue weighted by Gasteiger charge is -2.41. The first-order valence-electron chi connectivity index (χ1n) is 7.66. The predicted molar refractivity (Wildman–Crippen MR) is 109 cm³/mol. The Labute approximate surface area is 181 Å². The van der Waals surface area contributed by atoms with Crippen LogP contribution in [0.15, 0.2) is 37.7 Å². The number of carbonyl (C=O) groups is 1. The summed E-state index contributed by atoms with van der Waals surface area (Å²) in [6.07, 6.45) is -1.08. The minimum absolute atomic E-state index is 0.0755. The molecule has 1 aliphatic rings. The van der Waals surface area contributed by atoms with Crippen molar-refractivity contribution < 1.29 is 28.8 Å². The topological polar surface area (TPSA) is 74.2 Å². The molecule has 6 nitrogen and oxygen atoms in total. The number of fused-ring (bicyclic) bond motifs is 1. The summed E-state index contributed by atoms with van der Waals surface area (Å²) in [5.74, 6) is 0.358. The number of benzene rings is 2. The van der Waals surface area contributed by atoms with Crippen molar-refractivity contribution in [1.29, 1.82) is 0 Å². The highest BCUT2D eigenvalue weighted by Crippen LogP contribution is 2.50. The largest absolute Gasteiger partial charge is 0.505 e. The summed E-state index contributed by atoms with van der Waals surface area (Å²) in [7, 11) is 4.39. The zero-order chi connectivity index (χ0) is 19.9. The Hall–Kier alpha value is -1.13. The SMILES string of the molecule is COc1ccc([C@@]2(OC)C(=O)c3cc(Br)c(O)c(Br)c3O[C@H]2OC)cc1Br. The lowest BCUT2D eigenvalue weighted by Crippen LogP contribution is -2.54. The highest BCUT2D eigenvalue weighted by molar-refractivity contribution is 9.11. The molecule has 1 heterocycles. The van der Waals surface area contributed by atoms with Crippen molar-refractivity contribution in [3.63, 3.8) is 0 Å². The van der Waals surface area contributed by atoms with E-state index in [0.717, 1.165) is 0 Å². The molecule has 0 unspecified atom stereocenters. The Balaban J connectivity index is 2.26. The van der Waals surface area contributed by atoms with Crippen LogP contribution in [0.5, 0.6) is 17.2 Å². The number of Topliss-reactive ketones (excluding diaryl/α,β-unsaturated/α-hetero) is 1. The Morgan fingerprint density at radius 1 is 1.11 bits per heavy atom. The molecule has 0 saturated heterocycles. The van der Waals surface area contributed by atoms with Gasteiger partial charge >= 0.3 is 0 Å². The molecule has 27 heavy (non-hydrogen) atoms. The maximum atomic E-state index is 13.6. The normalized spacial score (nSPS) is 21.6. The van der Waals surface area contributed by atoms with Crippen LogP contribution >= 0.6 is 47.8 Å².